The molecule has 3 aliphatic heterocycles. The number of nitrogens with zero attached hydrogens (tertiary/aromatic N) is 4. The molecule has 0 unspecified atom stereocenters. The fourth-order valence-electron chi connectivity index (χ4n) is 5.31. The summed E-state index contributed by atoms with van der Waals surface area (Å²) < 4.78 is 18.9. The number of urea groups is 1. The fraction of sp³-hybridized carbons (Fsp3) is 0.500. The highest BCUT2D eigenvalue weighted by molar-refractivity contribution is 6.42. The Kier molecular flexibility index (Phi) is 8.25. The minimum Gasteiger partial charge on any atom is -0.379 e. The van der Waals surface area contributed by atoms with Crippen LogP contribution in [0, 0.1) is 5.82 Å². The number of amides is 2. The smallest absolute Gasteiger partial charge is 0.325 e. The summed E-state index contributed by atoms with van der Waals surface area (Å²) in [6.07, 6.45) is 1.72. The lowest BCUT2D eigenvalue weighted by Gasteiger charge is -2.44. The van der Waals surface area contributed by atoms with Gasteiger partial charge in [0, 0.05) is 63.4 Å². The van der Waals surface area contributed by atoms with E-state index in [4.69, 9.17) is 39.5 Å². The van der Waals surface area contributed by atoms with Gasteiger partial charge in [0.1, 0.15) is 5.82 Å². The van der Waals surface area contributed by atoms with Crippen molar-refractivity contribution in [3.8, 4) is 0 Å². The second kappa shape index (κ2) is 11.4. The third-order valence-corrected chi connectivity index (χ3v) is 8.45. The molecule has 10 heteroatoms. The quantitative estimate of drug-likeness (QED) is 0.470. The number of anilines is 1. The number of carbonyl (C=O) groups excluding carboxylic acids is 1. The first kappa shape index (κ1) is 26.0. The molecular weight excluding hydrogens is 526 g/mol. The average molecular weight is 556 g/mol. The Balaban J connectivity index is 1.28. The molecule has 0 saturated carbocycles. The summed E-state index contributed by atoms with van der Waals surface area (Å²) in [5, 5.41) is 1.41. The van der Waals surface area contributed by atoms with Crippen molar-refractivity contribution in [3.63, 3.8) is 0 Å². The molecule has 2 amide bonds. The maximum absolute atomic E-state index is 13.8. The molecule has 194 valence electrons. The van der Waals surface area contributed by atoms with Crippen LogP contribution in [-0.4, -0.2) is 79.3 Å². The average Bonchev–Trinajstić information content (AvgIpc) is 2.87. The number of morpholine rings is 1. The number of hydrogen-bond donors (Lipinski definition) is 0. The van der Waals surface area contributed by atoms with Crippen molar-refractivity contribution >= 4 is 46.5 Å². The van der Waals surface area contributed by atoms with Gasteiger partial charge in [-0.2, -0.15) is 0 Å². The molecular formula is C26H30Cl3FN4O2. The van der Waals surface area contributed by atoms with Gasteiger partial charge in [0.15, 0.2) is 0 Å². The zero-order valence-corrected chi connectivity index (χ0v) is 22.3. The van der Waals surface area contributed by atoms with Gasteiger partial charge in [-0.1, -0.05) is 40.9 Å². The lowest BCUT2D eigenvalue weighted by Crippen LogP contribution is -2.55. The SMILES string of the molecule is O=C1N(CCN2CCOCC2)c2cc(Cl)c(Cl)cc2CN1C1CCN(Cc2ccc(F)cc2Cl)CC1. The largest absolute Gasteiger partial charge is 0.379 e. The molecule has 2 aromatic carbocycles. The number of hydrogen-bond acceptors (Lipinski definition) is 4. The topological polar surface area (TPSA) is 39.3 Å². The van der Waals surface area contributed by atoms with Crippen molar-refractivity contribution in [1.29, 1.82) is 0 Å². The van der Waals surface area contributed by atoms with Crippen molar-refractivity contribution in [2.24, 2.45) is 0 Å². The van der Waals surface area contributed by atoms with Gasteiger partial charge in [-0.25, -0.2) is 9.18 Å². The molecule has 0 atom stereocenters. The van der Waals surface area contributed by atoms with Crippen LogP contribution < -0.4 is 4.90 Å². The molecule has 36 heavy (non-hydrogen) atoms. The van der Waals surface area contributed by atoms with Gasteiger partial charge in [0.05, 0.1) is 28.9 Å². The Labute approximate surface area is 226 Å². The Morgan fingerprint density at radius 3 is 2.33 bits per heavy atom. The van der Waals surface area contributed by atoms with E-state index in [1.54, 1.807) is 6.07 Å². The van der Waals surface area contributed by atoms with Gasteiger partial charge in [0.2, 0.25) is 0 Å². The lowest BCUT2D eigenvalue weighted by atomic mass is 9.99. The van der Waals surface area contributed by atoms with E-state index in [0.717, 1.165) is 75.6 Å². The van der Waals surface area contributed by atoms with E-state index >= 15 is 0 Å². The summed E-state index contributed by atoms with van der Waals surface area (Å²) in [4.78, 5) is 22.3. The Morgan fingerprint density at radius 2 is 1.61 bits per heavy atom. The molecule has 0 aliphatic carbocycles. The highest BCUT2D eigenvalue weighted by Gasteiger charge is 2.36. The van der Waals surface area contributed by atoms with Gasteiger partial charge < -0.3 is 9.64 Å². The van der Waals surface area contributed by atoms with Crippen LogP contribution in [0.15, 0.2) is 30.3 Å². The van der Waals surface area contributed by atoms with Crippen LogP contribution in [0.1, 0.15) is 24.0 Å². The van der Waals surface area contributed by atoms with E-state index in [1.807, 2.05) is 21.9 Å². The van der Waals surface area contributed by atoms with Crippen LogP contribution in [0.4, 0.5) is 14.9 Å². The Hall–Kier alpha value is -1.61. The van der Waals surface area contributed by atoms with Crippen molar-refractivity contribution in [2.75, 3.05) is 57.4 Å². The maximum atomic E-state index is 13.8. The highest BCUT2D eigenvalue weighted by atomic mass is 35.5. The third-order valence-electron chi connectivity index (χ3n) is 7.38. The standard InChI is InChI=1S/C26H30Cl3FN4O2/c27-22-14-20(30)2-1-18(22)16-32-5-3-21(4-6-32)34-17-19-13-23(28)24(29)15-25(19)33(26(34)35)8-7-31-9-11-36-12-10-31/h1-2,13-15,21H,3-12,16-17H2. The third kappa shape index (κ3) is 5.77. The minimum atomic E-state index is -0.328. The molecule has 5 rings (SSSR count). The molecule has 0 aromatic heterocycles. The van der Waals surface area contributed by atoms with Gasteiger partial charge >= 0.3 is 6.03 Å². The second-order valence-corrected chi connectivity index (χ2v) is 10.9. The summed E-state index contributed by atoms with van der Waals surface area (Å²) in [6.45, 7) is 7.42. The van der Waals surface area contributed by atoms with E-state index < -0.39 is 0 Å². The maximum Gasteiger partial charge on any atom is 0.325 e. The second-order valence-electron chi connectivity index (χ2n) is 9.65. The van der Waals surface area contributed by atoms with Crippen LogP contribution in [0.5, 0.6) is 0 Å². The molecule has 0 N–H and O–H groups in total. The summed E-state index contributed by atoms with van der Waals surface area (Å²) in [5.41, 5.74) is 2.79. The highest BCUT2D eigenvalue weighted by Crippen LogP contribution is 2.37. The number of likely N-dealkylation sites (tertiary alicyclic amines) is 1. The predicted molar refractivity (Wildman–Crippen MR) is 142 cm³/mol. The van der Waals surface area contributed by atoms with E-state index in [2.05, 4.69) is 9.80 Å². The molecule has 6 nitrogen and oxygen atoms in total. The number of fused-ring (bicyclic) bond motifs is 1. The van der Waals surface area contributed by atoms with Crippen molar-refractivity contribution in [1.82, 2.24) is 14.7 Å². The van der Waals surface area contributed by atoms with Crippen LogP contribution in [0.3, 0.4) is 0 Å². The van der Waals surface area contributed by atoms with Crippen LogP contribution >= 0.6 is 34.8 Å². The number of ether oxygens (including phenoxy) is 1. The summed E-state index contributed by atoms with van der Waals surface area (Å²) in [5.74, 6) is -0.328. The van der Waals surface area contributed by atoms with Crippen molar-refractivity contribution in [3.05, 3.63) is 62.3 Å². The fourth-order valence-corrected chi connectivity index (χ4v) is 5.88. The van der Waals surface area contributed by atoms with Gasteiger partial charge in [0.25, 0.3) is 0 Å². The van der Waals surface area contributed by atoms with Crippen molar-refractivity contribution < 1.29 is 13.9 Å². The van der Waals surface area contributed by atoms with Crippen LogP contribution in [-0.2, 0) is 17.8 Å². The van der Waals surface area contributed by atoms with E-state index in [-0.39, 0.29) is 17.9 Å². The van der Waals surface area contributed by atoms with Crippen molar-refractivity contribution in [2.45, 2.75) is 32.0 Å². The summed E-state index contributed by atoms with van der Waals surface area (Å²) in [6, 6.07) is 8.42. The number of halogens is 4. The van der Waals surface area contributed by atoms with Gasteiger partial charge in [-0.05, 0) is 48.2 Å². The zero-order valence-electron chi connectivity index (χ0n) is 20.1. The number of rotatable bonds is 6. The number of benzene rings is 2. The number of carbonyl (C=O) groups is 1. The molecule has 2 aromatic rings. The molecule has 2 saturated heterocycles. The molecule has 0 bridgehead atoms. The first-order chi connectivity index (χ1) is 17.4. The van der Waals surface area contributed by atoms with E-state index in [9.17, 15) is 9.18 Å². The summed E-state index contributed by atoms with van der Waals surface area (Å²) >= 11 is 18.9. The molecule has 0 radical (unpaired) electrons. The zero-order chi connectivity index (χ0) is 25.2. The molecule has 2 fully saturated rings. The molecule has 3 aliphatic rings. The van der Waals surface area contributed by atoms with E-state index in [0.29, 0.717) is 34.7 Å². The van der Waals surface area contributed by atoms with Gasteiger partial charge in [-0.15, -0.1) is 0 Å². The lowest BCUT2D eigenvalue weighted by molar-refractivity contribution is 0.0390. The minimum absolute atomic E-state index is 0.0224. The van der Waals surface area contributed by atoms with E-state index in [1.165, 1.54) is 12.1 Å². The molecule has 0 spiro atoms. The van der Waals surface area contributed by atoms with Crippen LogP contribution in [0.2, 0.25) is 15.1 Å². The molecule has 3 heterocycles. The normalized spacial score (nSPS) is 20.2. The van der Waals surface area contributed by atoms with Crippen LogP contribution in [0.25, 0.3) is 0 Å². The van der Waals surface area contributed by atoms with Gasteiger partial charge in [-0.3, -0.25) is 14.7 Å². The first-order valence-electron chi connectivity index (χ1n) is 12.4. The first-order valence-corrected chi connectivity index (χ1v) is 13.5. The predicted octanol–water partition coefficient (Wildman–Crippen LogP) is 5.52. The summed E-state index contributed by atoms with van der Waals surface area (Å²) in [7, 11) is 0. The Bertz CT molecular complexity index is 1110. The number of piperidine rings is 1. The monoisotopic (exact) mass is 554 g/mol. The Morgan fingerprint density at radius 1 is 0.889 bits per heavy atom.